The topological polar surface area (TPSA) is 50.4 Å². The van der Waals surface area contributed by atoms with E-state index < -0.39 is 0 Å². The molecular weight excluding hydrogens is 204 g/mol. The zero-order chi connectivity index (χ0) is 11.0. The molecule has 3 rings (SSSR count). The fourth-order valence-electron chi connectivity index (χ4n) is 2.26. The summed E-state index contributed by atoms with van der Waals surface area (Å²) in [4.78, 5) is 11.3. The Kier molecular flexibility index (Phi) is 2.38. The Bertz CT molecular complexity index is 425. The van der Waals surface area contributed by atoms with Crippen molar-refractivity contribution in [3.8, 4) is 0 Å². The molecule has 1 aromatic rings. The van der Waals surface area contributed by atoms with E-state index in [0.717, 1.165) is 25.2 Å². The van der Waals surface area contributed by atoms with Crippen molar-refractivity contribution in [1.82, 2.24) is 10.6 Å². The first-order chi connectivity index (χ1) is 7.84. The molecule has 16 heavy (non-hydrogen) atoms. The second kappa shape index (κ2) is 3.88. The molecule has 0 aliphatic carbocycles. The predicted molar refractivity (Wildman–Crippen MR) is 59.2 cm³/mol. The summed E-state index contributed by atoms with van der Waals surface area (Å²) in [7, 11) is 0. The zero-order valence-corrected chi connectivity index (χ0v) is 8.95. The molecule has 0 spiro atoms. The number of piperazine rings is 1. The molecule has 1 unspecified atom stereocenters. The van der Waals surface area contributed by atoms with Crippen molar-refractivity contribution in [2.75, 3.05) is 19.6 Å². The molecule has 1 atom stereocenters. The highest BCUT2D eigenvalue weighted by atomic mass is 16.5. The first kappa shape index (κ1) is 9.81. The number of rotatable bonds is 1. The van der Waals surface area contributed by atoms with Crippen molar-refractivity contribution in [3.05, 3.63) is 34.9 Å². The first-order valence-electron chi connectivity index (χ1n) is 5.58. The maximum atomic E-state index is 11.3. The Labute approximate surface area is 94.0 Å². The summed E-state index contributed by atoms with van der Waals surface area (Å²) in [6.07, 6.45) is 0. The van der Waals surface area contributed by atoms with E-state index in [-0.39, 0.29) is 5.97 Å². The predicted octanol–water partition coefficient (Wildman–Crippen LogP) is 0.591. The maximum Gasteiger partial charge on any atom is 0.338 e. The van der Waals surface area contributed by atoms with Crippen LogP contribution < -0.4 is 10.6 Å². The van der Waals surface area contributed by atoms with E-state index in [4.69, 9.17) is 4.74 Å². The highest BCUT2D eigenvalue weighted by Crippen LogP contribution is 2.24. The minimum Gasteiger partial charge on any atom is -0.457 e. The smallest absolute Gasteiger partial charge is 0.338 e. The Morgan fingerprint density at radius 3 is 3.06 bits per heavy atom. The normalized spacial score (nSPS) is 24.0. The quantitative estimate of drug-likeness (QED) is 0.677. The molecule has 1 fully saturated rings. The number of fused-ring (bicyclic) bond motifs is 1. The average Bonchev–Trinajstić information content (AvgIpc) is 2.72. The third kappa shape index (κ3) is 1.60. The molecule has 2 aliphatic heterocycles. The highest BCUT2D eigenvalue weighted by molar-refractivity contribution is 5.93. The van der Waals surface area contributed by atoms with E-state index in [1.54, 1.807) is 0 Å². The minimum absolute atomic E-state index is 0.198. The van der Waals surface area contributed by atoms with Crippen LogP contribution in [0.25, 0.3) is 0 Å². The number of nitrogens with one attached hydrogen (secondary N) is 2. The van der Waals surface area contributed by atoms with E-state index in [2.05, 4.69) is 16.7 Å². The summed E-state index contributed by atoms with van der Waals surface area (Å²) in [6, 6.07) is 6.30. The third-order valence-corrected chi connectivity index (χ3v) is 3.15. The first-order valence-corrected chi connectivity index (χ1v) is 5.58. The summed E-state index contributed by atoms with van der Waals surface area (Å²) >= 11 is 0. The van der Waals surface area contributed by atoms with Gasteiger partial charge in [0.05, 0.1) is 5.56 Å². The van der Waals surface area contributed by atoms with E-state index >= 15 is 0 Å². The molecule has 1 aromatic carbocycles. The Balaban J connectivity index is 1.89. The fraction of sp³-hybridized carbons (Fsp3) is 0.417. The molecule has 0 aromatic heterocycles. The molecule has 2 N–H and O–H groups in total. The number of carbonyl (C=O) groups is 1. The monoisotopic (exact) mass is 218 g/mol. The summed E-state index contributed by atoms with van der Waals surface area (Å²) < 4.78 is 4.99. The number of cyclic esters (lactones) is 1. The van der Waals surface area contributed by atoms with Gasteiger partial charge < -0.3 is 15.4 Å². The molecule has 0 radical (unpaired) electrons. The van der Waals surface area contributed by atoms with Gasteiger partial charge in [0, 0.05) is 31.2 Å². The molecule has 0 bridgehead atoms. The van der Waals surface area contributed by atoms with Crippen LogP contribution in [0.1, 0.15) is 27.5 Å². The van der Waals surface area contributed by atoms with E-state index in [9.17, 15) is 4.79 Å². The van der Waals surface area contributed by atoms with Gasteiger partial charge in [-0.3, -0.25) is 0 Å². The van der Waals surface area contributed by atoms with Gasteiger partial charge in [-0.25, -0.2) is 4.79 Å². The van der Waals surface area contributed by atoms with Crippen LogP contribution in [0.3, 0.4) is 0 Å². The summed E-state index contributed by atoms with van der Waals surface area (Å²) in [5.74, 6) is -0.198. The third-order valence-electron chi connectivity index (χ3n) is 3.15. The van der Waals surface area contributed by atoms with Crippen LogP contribution in [0, 0.1) is 0 Å². The van der Waals surface area contributed by atoms with Crippen LogP contribution in [0.15, 0.2) is 18.2 Å². The molecule has 84 valence electrons. The lowest BCUT2D eigenvalue weighted by atomic mass is 10.00. The zero-order valence-electron chi connectivity index (χ0n) is 8.95. The average molecular weight is 218 g/mol. The van der Waals surface area contributed by atoms with Crippen LogP contribution >= 0.6 is 0 Å². The minimum atomic E-state index is -0.198. The lowest BCUT2D eigenvalue weighted by molar-refractivity contribution is 0.0535. The van der Waals surface area contributed by atoms with E-state index in [1.165, 1.54) is 5.56 Å². The molecule has 0 saturated carbocycles. The Hall–Kier alpha value is -1.39. The fourth-order valence-corrected chi connectivity index (χ4v) is 2.26. The van der Waals surface area contributed by atoms with E-state index in [0.29, 0.717) is 18.2 Å². The van der Waals surface area contributed by atoms with Gasteiger partial charge in [0.25, 0.3) is 0 Å². The van der Waals surface area contributed by atoms with Crippen LogP contribution in [0.4, 0.5) is 0 Å². The van der Waals surface area contributed by atoms with Gasteiger partial charge in [0.1, 0.15) is 6.61 Å². The van der Waals surface area contributed by atoms with Gasteiger partial charge in [0.15, 0.2) is 0 Å². The maximum absolute atomic E-state index is 11.3. The molecule has 2 heterocycles. The molecular formula is C12H14N2O2. The van der Waals surface area contributed by atoms with Gasteiger partial charge in [-0.15, -0.1) is 0 Å². The summed E-state index contributed by atoms with van der Waals surface area (Å²) in [5, 5.41) is 6.80. The van der Waals surface area contributed by atoms with Crippen molar-refractivity contribution >= 4 is 5.97 Å². The van der Waals surface area contributed by atoms with E-state index in [1.807, 2.05) is 12.1 Å². The molecule has 1 saturated heterocycles. The number of hydrogen-bond acceptors (Lipinski definition) is 4. The molecule has 4 heteroatoms. The second-order valence-corrected chi connectivity index (χ2v) is 4.20. The number of ether oxygens (including phenoxy) is 1. The van der Waals surface area contributed by atoms with Crippen molar-refractivity contribution in [3.63, 3.8) is 0 Å². The van der Waals surface area contributed by atoms with Crippen LogP contribution in [0.5, 0.6) is 0 Å². The van der Waals surface area contributed by atoms with Gasteiger partial charge >= 0.3 is 5.97 Å². The van der Waals surface area contributed by atoms with Gasteiger partial charge in [-0.2, -0.15) is 0 Å². The van der Waals surface area contributed by atoms with Crippen LogP contribution in [-0.2, 0) is 11.3 Å². The number of hydrogen-bond donors (Lipinski definition) is 2. The largest absolute Gasteiger partial charge is 0.457 e. The van der Waals surface area contributed by atoms with Crippen molar-refractivity contribution in [1.29, 1.82) is 0 Å². The van der Waals surface area contributed by atoms with Crippen molar-refractivity contribution < 1.29 is 9.53 Å². The van der Waals surface area contributed by atoms with Crippen LogP contribution in [-0.4, -0.2) is 25.6 Å². The van der Waals surface area contributed by atoms with Crippen molar-refractivity contribution in [2.45, 2.75) is 12.6 Å². The number of esters is 1. The Morgan fingerprint density at radius 2 is 2.25 bits per heavy atom. The molecule has 4 nitrogen and oxygen atoms in total. The van der Waals surface area contributed by atoms with Gasteiger partial charge in [-0.05, 0) is 17.7 Å². The molecule has 0 amide bonds. The van der Waals surface area contributed by atoms with Crippen LogP contribution in [0.2, 0.25) is 0 Å². The SMILES string of the molecule is O=C1OCc2cc(C3CNCCN3)ccc21. The number of benzene rings is 1. The Morgan fingerprint density at radius 1 is 1.31 bits per heavy atom. The number of carbonyl (C=O) groups excluding carboxylic acids is 1. The lowest BCUT2D eigenvalue weighted by Crippen LogP contribution is -2.42. The molecule has 2 aliphatic rings. The van der Waals surface area contributed by atoms with Gasteiger partial charge in [0.2, 0.25) is 0 Å². The second-order valence-electron chi connectivity index (χ2n) is 4.20. The van der Waals surface area contributed by atoms with Crippen molar-refractivity contribution in [2.24, 2.45) is 0 Å². The standard InChI is InChI=1S/C12H14N2O2/c15-12-10-2-1-8(5-9(10)7-16-12)11-6-13-3-4-14-11/h1-2,5,11,13-14H,3-4,6-7H2. The lowest BCUT2D eigenvalue weighted by Gasteiger charge is -2.25. The summed E-state index contributed by atoms with van der Waals surface area (Å²) in [6.45, 7) is 3.36. The van der Waals surface area contributed by atoms with Gasteiger partial charge in [-0.1, -0.05) is 6.07 Å². The highest BCUT2D eigenvalue weighted by Gasteiger charge is 2.23. The summed E-state index contributed by atoms with van der Waals surface area (Å²) in [5.41, 5.74) is 2.95.